The molecular weight excluding hydrogens is 286 g/mol. The Hall–Kier alpha value is -1.22. The molecule has 1 fully saturated rings. The predicted octanol–water partition coefficient (Wildman–Crippen LogP) is 4.71. The van der Waals surface area contributed by atoms with Gasteiger partial charge in [0, 0.05) is 18.1 Å². The first kappa shape index (κ1) is 18.1. The maximum Gasteiger partial charge on any atom is 0.161 e. The van der Waals surface area contributed by atoms with Crippen molar-refractivity contribution in [3.05, 3.63) is 23.8 Å². The van der Waals surface area contributed by atoms with Gasteiger partial charge in [0.2, 0.25) is 0 Å². The summed E-state index contributed by atoms with van der Waals surface area (Å²) in [5.74, 6) is 2.77. The van der Waals surface area contributed by atoms with Gasteiger partial charge in [-0.3, -0.25) is 4.90 Å². The fourth-order valence-corrected chi connectivity index (χ4v) is 3.52. The molecule has 2 atom stereocenters. The molecule has 0 amide bonds. The van der Waals surface area contributed by atoms with E-state index in [1.54, 1.807) is 7.11 Å². The van der Waals surface area contributed by atoms with Gasteiger partial charge >= 0.3 is 0 Å². The van der Waals surface area contributed by atoms with Crippen LogP contribution < -0.4 is 9.47 Å². The second-order valence-electron chi connectivity index (χ2n) is 8.22. The molecule has 3 heteroatoms. The van der Waals surface area contributed by atoms with E-state index >= 15 is 0 Å². The molecular formula is C20H33NO2. The van der Waals surface area contributed by atoms with Crippen LogP contribution in [-0.4, -0.2) is 36.7 Å². The lowest BCUT2D eigenvalue weighted by Crippen LogP contribution is -2.43. The summed E-state index contributed by atoms with van der Waals surface area (Å²) in [6.07, 6.45) is 1.20. The highest BCUT2D eigenvalue weighted by Gasteiger charge is 2.36. The molecule has 0 saturated carbocycles. The Morgan fingerprint density at radius 3 is 2.43 bits per heavy atom. The summed E-state index contributed by atoms with van der Waals surface area (Å²) in [7, 11) is 1.70. The fraction of sp³-hybridized carbons (Fsp3) is 0.700. The summed E-state index contributed by atoms with van der Waals surface area (Å²) in [5, 5.41) is 0. The average molecular weight is 319 g/mol. The molecule has 0 unspecified atom stereocenters. The highest BCUT2D eigenvalue weighted by atomic mass is 16.5. The third-order valence-corrected chi connectivity index (χ3v) is 4.67. The molecule has 1 aromatic rings. The maximum absolute atomic E-state index is 5.97. The molecule has 1 aliphatic heterocycles. The van der Waals surface area contributed by atoms with E-state index in [2.05, 4.69) is 64.6 Å². The van der Waals surface area contributed by atoms with Crippen LogP contribution in [0.5, 0.6) is 11.5 Å². The van der Waals surface area contributed by atoms with Crippen molar-refractivity contribution in [1.82, 2.24) is 4.90 Å². The van der Waals surface area contributed by atoms with Crippen molar-refractivity contribution in [3.8, 4) is 11.5 Å². The number of methoxy groups -OCH3 is 1. The van der Waals surface area contributed by atoms with Crippen LogP contribution in [0.15, 0.2) is 18.2 Å². The molecule has 2 rings (SSSR count). The van der Waals surface area contributed by atoms with Crippen LogP contribution in [0.2, 0.25) is 0 Å². The molecule has 0 spiro atoms. The smallest absolute Gasteiger partial charge is 0.161 e. The van der Waals surface area contributed by atoms with Gasteiger partial charge < -0.3 is 9.47 Å². The second kappa shape index (κ2) is 7.12. The lowest BCUT2D eigenvalue weighted by atomic mass is 9.96. The van der Waals surface area contributed by atoms with Crippen molar-refractivity contribution in [2.45, 2.75) is 65.5 Å². The Balaban J connectivity index is 2.19. The molecule has 1 aromatic carbocycles. The Morgan fingerprint density at radius 2 is 1.91 bits per heavy atom. The van der Waals surface area contributed by atoms with Crippen LogP contribution >= 0.6 is 0 Å². The van der Waals surface area contributed by atoms with Crippen LogP contribution in [0.3, 0.4) is 0 Å². The zero-order valence-corrected chi connectivity index (χ0v) is 15.8. The Bertz CT molecular complexity index is 519. The number of hydrogen-bond donors (Lipinski definition) is 0. The zero-order valence-electron chi connectivity index (χ0n) is 15.8. The van der Waals surface area contributed by atoms with Gasteiger partial charge in [0.25, 0.3) is 0 Å². The summed E-state index contributed by atoms with van der Waals surface area (Å²) >= 11 is 0. The minimum absolute atomic E-state index is 0.220. The van der Waals surface area contributed by atoms with Crippen molar-refractivity contribution in [3.63, 3.8) is 0 Å². The average Bonchev–Trinajstić information content (AvgIpc) is 2.86. The molecule has 3 nitrogen and oxygen atoms in total. The van der Waals surface area contributed by atoms with E-state index in [1.807, 2.05) is 0 Å². The van der Waals surface area contributed by atoms with Gasteiger partial charge in [-0.25, -0.2) is 0 Å². The third-order valence-electron chi connectivity index (χ3n) is 4.67. The van der Waals surface area contributed by atoms with Crippen LogP contribution in [-0.2, 0) is 0 Å². The lowest BCUT2D eigenvalue weighted by molar-refractivity contribution is 0.129. The number of nitrogens with zero attached hydrogens (tertiary/aromatic N) is 1. The molecule has 0 bridgehead atoms. The molecule has 1 saturated heterocycles. The van der Waals surface area contributed by atoms with E-state index in [0.717, 1.165) is 24.7 Å². The number of ether oxygens (including phenoxy) is 2. The molecule has 0 aromatic heterocycles. The van der Waals surface area contributed by atoms with Crippen molar-refractivity contribution in [2.24, 2.45) is 5.92 Å². The van der Waals surface area contributed by atoms with Gasteiger partial charge in [-0.05, 0) is 63.6 Å². The van der Waals surface area contributed by atoms with E-state index in [9.17, 15) is 0 Å². The zero-order chi connectivity index (χ0) is 17.2. The highest BCUT2D eigenvalue weighted by molar-refractivity contribution is 5.44. The standard InChI is InChI=1S/C20H33NO2/c1-14(2)13-23-19-11-16(8-9-18(19)22-7)17-10-15(3)21(12-17)20(4,5)6/h8-9,11,14-15,17H,10,12-13H2,1-7H3/t15-,17-/m1/s1. The number of benzene rings is 1. The van der Waals surface area contributed by atoms with Crippen molar-refractivity contribution in [1.29, 1.82) is 0 Å². The first-order chi connectivity index (χ1) is 10.7. The third kappa shape index (κ3) is 4.41. The summed E-state index contributed by atoms with van der Waals surface area (Å²) in [6.45, 7) is 15.4. The van der Waals surface area contributed by atoms with Gasteiger partial charge in [-0.15, -0.1) is 0 Å². The first-order valence-corrected chi connectivity index (χ1v) is 8.79. The van der Waals surface area contributed by atoms with Crippen molar-refractivity contribution in [2.75, 3.05) is 20.3 Å². The number of rotatable bonds is 5. The van der Waals surface area contributed by atoms with Crippen molar-refractivity contribution < 1.29 is 9.47 Å². The Kier molecular flexibility index (Phi) is 5.61. The van der Waals surface area contributed by atoms with E-state index in [1.165, 1.54) is 12.0 Å². The molecule has 1 heterocycles. The monoisotopic (exact) mass is 319 g/mol. The minimum Gasteiger partial charge on any atom is -0.493 e. The van der Waals surface area contributed by atoms with E-state index in [0.29, 0.717) is 17.9 Å². The number of hydrogen-bond acceptors (Lipinski definition) is 3. The Labute approximate surface area is 142 Å². The van der Waals surface area contributed by atoms with E-state index in [-0.39, 0.29) is 5.54 Å². The fourth-order valence-electron chi connectivity index (χ4n) is 3.52. The number of likely N-dealkylation sites (tertiary alicyclic amines) is 1. The van der Waals surface area contributed by atoms with Crippen LogP contribution in [0, 0.1) is 5.92 Å². The molecule has 23 heavy (non-hydrogen) atoms. The van der Waals surface area contributed by atoms with Crippen LogP contribution in [0.25, 0.3) is 0 Å². The van der Waals surface area contributed by atoms with Gasteiger partial charge in [0.05, 0.1) is 13.7 Å². The largest absolute Gasteiger partial charge is 0.493 e. The summed E-state index contributed by atoms with van der Waals surface area (Å²) in [4.78, 5) is 2.61. The lowest BCUT2D eigenvalue weighted by Gasteiger charge is -2.35. The van der Waals surface area contributed by atoms with Crippen LogP contribution in [0.4, 0.5) is 0 Å². The minimum atomic E-state index is 0.220. The molecule has 0 aliphatic carbocycles. The Morgan fingerprint density at radius 1 is 1.22 bits per heavy atom. The molecule has 0 N–H and O–H groups in total. The van der Waals surface area contributed by atoms with E-state index < -0.39 is 0 Å². The first-order valence-electron chi connectivity index (χ1n) is 8.79. The summed E-state index contributed by atoms with van der Waals surface area (Å²) in [5.41, 5.74) is 1.58. The molecule has 1 aliphatic rings. The highest BCUT2D eigenvalue weighted by Crippen LogP contribution is 2.39. The van der Waals surface area contributed by atoms with Gasteiger partial charge in [-0.2, -0.15) is 0 Å². The van der Waals surface area contributed by atoms with Gasteiger partial charge in [-0.1, -0.05) is 19.9 Å². The topological polar surface area (TPSA) is 21.7 Å². The van der Waals surface area contributed by atoms with Gasteiger partial charge in [0.1, 0.15) is 0 Å². The van der Waals surface area contributed by atoms with Crippen molar-refractivity contribution >= 4 is 0 Å². The quantitative estimate of drug-likeness (QED) is 0.785. The molecule has 130 valence electrons. The summed E-state index contributed by atoms with van der Waals surface area (Å²) < 4.78 is 11.4. The van der Waals surface area contributed by atoms with E-state index in [4.69, 9.17) is 9.47 Å². The van der Waals surface area contributed by atoms with Gasteiger partial charge in [0.15, 0.2) is 11.5 Å². The maximum atomic E-state index is 5.97. The predicted molar refractivity (Wildman–Crippen MR) is 96.6 cm³/mol. The second-order valence-corrected chi connectivity index (χ2v) is 8.22. The summed E-state index contributed by atoms with van der Waals surface area (Å²) in [6, 6.07) is 7.05. The SMILES string of the molecule is COc1ccc([C@@H]2C[C@@H](C)N(C(C)(C)C)C2)cc1OCC(C)C. The van der Waals surface area contributed by atoms with Crippen LogP contribution in [0.1, 0.15) is 59.4 Å². The normalized spacial score (nSPS) is 22.6. The molecule has 0 radical (unpaired) electrons.